The van der Waals surface area contributed by atoms with Crippen LogP contribution in [-0.2, 0) is 9.08 Å². The van der Waals surface area contributed by atoms with Gasteiger partial charge in [-0.2, -0.15) is 0 Å². The van der Waals surface area contributed by atoms with E-state index in [1.165, 1.54) is 15.9 Å². The van der Waals surface area contributed by atoms with E-state index in [-0.39, 0.29) is 16.9 Å². The third-order valence-electron chi connectivity index (χ3n) is 8.63. The monoisotopic (exact) mass is 602 g/mol. The number of phenols is 1. The largest absolute Gasteiger partial charge is 0.507 e. The number of fused-ring (bicyclic) bond motifs is 1. The molecular weight excluding hydrogens is 559 g/mol. The van der Waals surface area contributed by atoms with Crippen LogP contribution in [-0.4, -0.2) is 38.3 Å². The zero-order valence-electron chi connectivity index (χ0n) is 26.3. The maximum absolute atomic E-state index is 10.4. The lowest BCUT2D eigenvalue weighted by Crippen LogP contribution is -2.66. The Labute approximate surface area is 263 Å². The Morgan fingerprint density at radius 2 is 1.52 bits per heavy atom. The third kappa shape index (κ3) is 6.69. The van der Waals surface area contributed by atoms with E-state index in [0.717, 1.165) is 33.9 Å². The zero-order chi connectivity index (χ0) is 31.3. The molecule has 0 saturated carbocycles. The molecule has 4 aromatic rings. The first-order valence-electron chi connectivity index (χ1n) is 15.4. The second-order valence-electron chi connectivity index (χ2n) is 12.8. The van der Waals surface area contributed by atoms with Gasteiger partial charge < -0.3 is 19.2 Å². The summed E-state index contributed by atoms with van der Waals surface area (Å²) < 4.78 is 13.3. The predicted octanol–water partition coefficient (Wildman–Crippen LogP) is 7.67. The molecule has 44 heavy (non-hydrogen) atoms. The Kier molecular flexibility index (Phi) is 9.76. The molecule has 0 aliphatic carbocycles. The zero-order valence-corrected chi connectivity index (χ0v) is 27.3. The SMILES string of the molecule is C=C(CO[Si](c1ccccc1)(c1ccccc1)C(C)(C)C)C1=CCB(O)OC1CC/C(C)=C/c1ccc(O)c2ccccc12. The summed E-state index contributed by atoms with van der Waals surface area (Å²) in [4.78, 5) is 0. The van der Waals surface area contributed by atoms with Crippen molar-refractivity contribution >= 4 is 42.7 Å². The van der Waals surface area contributed by atoms with Gasteiger partial charge in [0, 0.05) is 11.7 Å². The Bertz CT molecular complexity index is 1620. The van der Waals surface area contributed by atoms with E-state index in [0.29, 0.717) is 19.3 Å². The van der Waals surface area contributed by atoms with E-state index in [2.05, 4.69) is 107 Å². The highest BCUT2D eigenvalue weighted by Crippen LogP contribution is 2.38. The summed E-state index contributed by atoms with van der Waals surface area (Å²) in [5.74, 6) is 0.286. The van der Waals surface area contributed by atoms with Gasteiger partial charge in [0.1, 0.15) is 5.75 Å². The molecule has 1 unspecified atom stereocenters. The van der Waals surface area contributed by atoms with Crippen LogP contribution in [0.5, 0.6) is 5.75 Å². The van der Waals surface area contributed by atoms with Crippen molar-refractivity contribution in [2.24, 2.45) is 0 Å². The average molecular weight is 603 g/mol. The molecule has 1 heterocycles. The maximum atomic E-state index is 10.4. The minimum Gasteiger partial charge on any atom is -0.507 e. The molecule has 1 atom stereocenters. The van der Waals surface area contributed by atoms with Crippen LogP contribution in [0.4, 0.5) is 0 Å². The molecule has 6 heteroatoms. The molecule has 0 aromatic heterocycles. The summed E-state index contributed by atoms with van der Waals surface area (Å²) in [6.07, 6.45) is 5.88. The number of rotatable bonds is 10. The highest BCUT2D eigenvalue weighted by Gasteiger charge is 2.50. The third-order valence-corrected chi connectivity index (χ3v) is 13.6. The number of allylic oxidation sites excluding steroid dienone is 2. The molecule has 4 nitrogen and oxygen atoms in total. The Balaban J connectivity index is 1.36. The van der Waals surface area contributed by atoms with Gasteiger partial charge in [0.2, 0.25) is 0 Å². The van der Waals surface area contributed by atoms with Crippen LogP contribution in [0.25, 0.3) is 16.8 Å². The van der Waals surface area contributed by atoms with E-state index in [1.807, 2.05) is 30.3 Å². The summed E-state index contributed by atoms with van der Waals surface area (Å²) in [7, 11) is -3.56. The standard InChI is InChI=1S/C38H43BO4Si/c1-28(26-30-21-22-36(40)35-19-13-12-18-34(30)35)20-23-37-33(24-25-39(41)43-37)29(2)27-42-44(38(3,4)5,31-14-8-6-9-15-31)32-16-10-7-11-17-32/h6-19,21-22,24,26,37,40-41H,2,20,23,25,27H2,1,3-5H3/b28-26+. The minimum absolute atomic E-state index is 0.136. The van der Waals surface area contributed by atoms with E-state index in [9.17, 15) is 10.1 Å². The fourth-order valence-electron chi connectivity index (χ4n) is 6.44. The van der Waals surface area contributed by atoms with Crippen molar-refractivity contribution < 1.29 is 19.2 Å². The van der Waals surface area contributed by atoms with Crippen LogP contribution in [0.2, 0.25) is 11.4 Å². The quantitative estimate of drug-likeness (QED) is 0.183. The maximum Gasteiger partial charge on any atom is 0.458 e. The van der Waals surface area contributed by atoms with Crippen molar-refractivity contribution in [3.05, 3.63) is 132 Å². The molecule has 4 aromatic carbocycles. The summed E-state index contributed by atoms with van der Waals surface area (Å²) in [6, 6.07) is 32.9. The smallest absolute Gasteiger partial charge is 0.458 e. The molecule has 5 rings (SSSR count). The van der Waals surface area contributed by atoms with Crippen LogP contribution < -0.4 is 10.4 Å². The van der Waals surface area contributed by atoms with Crippen LogP contribution >= 0.6 is 0 Å². The lowest BCUT2D eigenvalue weighted by atomic mass is 9.78. The van der Waals surface area contributed by atoms with E-state index < -0.39 is 15.4 Å². The first kappa shape index (κ1) is 31.7. The molecule has 0 bridgehead atoms. The second-order valence-corrected chi connectivity index (χ2v) is 17.1. The second kappa shape index (κ2) is 13.5. The van der Waals surface area contributed by atoms with Gasteiger partial charge in [-0.15, -0.1) is 0 Å². The van der Waals surface area contributed by atoms with Crippen LogP contribution in [0.3, 0.4) is 0 Å². The normalized spacial score (nSPS) is 16.2. The molecule has 1 aliphatic rings. The molecule has 0 fully saturated rings. The highest BCUT2D eigenvalue weighted by atomic mass is 28.4. The van der Waals surface area contributed by atoms with Gasteiger partial charge in [-0.25, -0.2) is 0 Å². The highest BCUT2D eigenvalue weighted by molar-refractivity contribution is 6.99. The van der Waals surface area contributed by atoms with Crippen molar-refractivity contribution in [3.8, 4) is 5.75 Å². The van der Waals surface area contributed by atoms with Crippen molar-refractivity contribution in [1.82, 2.24) is 0 Å². The van der Waals surface area contributed by atoms with Crippen molar-refractivity contribution in [1.29, 1.82) is 0 Å². The van der Waals surface area contributed by atoms with Gasteiger partial charge in [0.05, 0.1) is 12.7 Å². The average Bonchev–Trinajstić information content (AvgIpc) is 3.02. The van der Waals surface area contributed by atoms with Crippen molar-refractivity contribution in [2.45, 2.75) is 58.0 Å². The van der Waals surface area contributed by atoms with E-state index >= 15 is 0 Å². The van der Waals surface area contributed by atoms with Gasteiger partial charge in [-0.3, -0.25) is 0 Å². The first-order chi connectivity index (χ1) is 21.1. The van der Waals surface area contributed by atoms with Crippen molar-refractivity contribution in [2.75, 3.05) is 6.61 Å². The fraction of sp³-hybridized carbons (Fsp3) is 0.263. The number of benzene rings is 4. The van der Waals surface area contributed by atoms with Gasteiger partial charge >= 0.3 is 7.12 Å². The number of phenolic OH excluding ortho intramolecular Hbond substituents is 1. The number of hydrogen-bond acceptors (Lipinski definition) is 4. The summed E-state index contributed by atoms with van der Waals surface area (Å²) in [5.41, 5.74) is 4.16. The van der Waals surface area contributed by atoms with Crippen molar-refractivity contribution in [3.63, 3.8) is 0 Å². The summed E-state index contributed by atoms with van der Waals surface area (Å²) in [6.45, 7) is 13.8. The summed E-state index contributed by atoms with van der Waals surface area (Å²) >= 11 is 0. The Hall–Kier alpha value is -3.68. The number of hydrogen-bond donors (Lipinski definition) is 2. The molecule has 2 N–H and O–H groups in total. The van der Waals surface area contributed by atoms with Gasteiger partial charge in [0.25, 0.3) is 8.32 Å². The van der Waals surface area contributed by atoms with Crippen LogP contribution in [0.1, 0.15) is 46.1 Å². The Morgan fingerprint density at radius 1 is 0.932 bits per heavy atom. The molecule has 0 amide bonds. The van der Waals surface area contributed by atoms with Crippen LogP contribution in [0, 0.1) is 0 Å². The number of aromatic hydroxyl groups is 1. The van der Waals surface area contributed by atoms with Gasteiger partial charge in [-0.05, 0) is 63.3 Å². The van der Waals surface area contributed by atoms with E-state index in [1.54, 1.807) is 6.07 Å². The lowest BCUT2D eigenvalue weighted by Gasteiger charge is -2.43. The topological polar surface area (TPSA) is 58.9 Å². The molecular formula is C38H43BO4Si. The Morgan fingerprint density at radius 3 is 2.14 bits per heavy atom. The first-order valence-corrected chi connectivity index (χ1v) is 17.4. The predicted molar refractivity (Wildman–Crippen MR) is 187 cm³/mol. The lowest BCUT2D eigenvalue weighted by molar-refractivity contribution is 0.181. The van der Waals surface area contributed by atoms with E-state index in [4.69, 9.17) is 9.08 Å². The fourth-order valence-corrected chi connectivity index (χ4v) is 11.0. The van der Waals surface area contributed by atoms with Gasteiger partial charge in [0.15, 0.2) is 0 Å². The molecule has 226 valence electrons. The van der Waals surface area contributed by atoms with Crippen LogP contribution in [0.15, 0.2) is 126 Å². The molecule has 1 aliphatic heterocycles. The molecule has 0 spiro atoms. The minimum atomic E-state index is -2.72. The molecule has 0 radical (unpaired) electrons. The molecule has 0 saturated heterocycles. The van der Waals surface area contributed by atoms with Gasteiger partial charge in [-0.1, -0.05) is 136 Å². The summed E-state index contributed by atoms with van der Waals surface area (Å²) in [5, 5.41) is 24.9.